The molecule has 8 heteroatoms. The number of nitrogens with one attached hydrogen (secondary N) is 3. The molecular formula is C20H17N3O4S. The first kappa shape index (κ1) is 19.2. The summed E-state index contributed by atoms with van der Waals surface area (Å²) in [7, 11) is 0. The zero-order valence-corrected chi connectivity index (χ0v) is 15.5. The van der Waals surface area contributed by atoms with Gasteiger partial charge in [-0.2, -0.15) is 0 Å². The lowest BCUT2D eigenvalue weighted by Gasteiger charge is -2.16. The Morgan fingerprint density at radius 3 is 2.29 bits per heavy atom. The highest BCUT2D eigenvalue weighted by Crippen LogP contribution is 2.15. The average molecular weight is 395 g/mol. The number of carbonyl (C=O) groups is 3. The number of hydrogen-bond donors (Lipinski definition) is 3. The maximum atomic E-state index is 11.9. The summed E-state index contributed by atoms with van der Waals surface area (Å²) in [5, 5.41) is 7.50. The van der Waals surface area contributed by atoms with Gasteiger partial charge in [-0.25, -0.2) is 0 Å². The zero-order valence-electron chi connectivity index (χ0n) is 14.7. The number of carbonyl (C=O) groups excluding carboxylic acids is 3. The fourth-order valence-electron chi connectivity index (χ4n) is 2.43. The lowest BCUT2D eigenvalue weighted by Crippen LogP contribution is -2.51. The molecule has 0 spiro atoms. The molecule has 3 rings (SSSR count). The topological polar surface area (TPSA) is 96.5 Å². The third-order valence-electron chi connectivity index (χ3n) is 3.84. The summed E-state index contributed by atoms with van der Waals surface area (Å²) in [5.74, 6) is -0.842. The van der Waals surface area contributed by atoms with Gasteiger partial charge in [0, 0.05) is 6.54 Å². The molecule has 0 aromatic heterocycles. The highest BCUT2D eigenvalue weighted by atomic mass is 32.1. The van der Waals surface area contributed by atoms with Crippen molar-refractivity contribution in [3.8, 4) is 5.75 Å². The first-order chi connectivity index (χ1) is 13.5. The summed E-state index contributed by atoms with van der Waals surface area (Å²) in [6.45, 7) is 0.318. The number of amides is 3. The number of benzene rings is 2. The molecule has 1 aliphatic heterocycles. The molecule has 1 fully saturated rings. The Bertz CT molecular complexity index is 918. The van der Waals surface area contributed by atoms with Gasteiger partial charge in [-0.05, 0) is 41.6 Å². The van der Waals surface area contributed by atoms with Gasteiger partial charge in [0.25, 0.3) is 17.7 Å². The van der Waals surface area contributed by atoms with E-state index in [1.54, 1.807) is 24.3 Å². The van der Waals surface area contributed by atoms with Crippen molar-refractivity contribution in [3.63, 3.8) is 0 Å². The van der Waals surface area contributed by atoms with Crippen LogP contribution in [0.2, 0.25) is 0 Å². The van der Waals surface area contributed by atoms with Crippen molar-refractivity contribution >= 4 is 41.1 Å². The fourth-order valence-corrected chi connectivity index (χ4v) is 2.62. The Kier molecular flexibility index (Phi) is 6.13. The van der Waals surface area contributed by atoms with E-state index in [0.717, 1.165) is 5.56 Å². The van der Waals surface area contributed by atoms with E-state index in [0.29, 0.717) is 17.9 Å². The van der Waals surface area contributed by atoms with Crippen LogP contribution in [-0.4, -0.2) is 29.4 Å². The van der Waals surface area contributed by atoms with Gasteiger partial charge >= 0.3 is 0 Å². The monoisotopic (exact) mass is 395 g/mol. The second-order valence-corrected chi connectivity index (χ2v) is 6.32. The van der Waals surface area contributed by atoms with Crippen molar-refractivity contribution in [2.75, 3.05) is 6.61 Å². The van der Waals surface area contributed by atoms with Crippen LogP contribution in [0.15, 0.2) is 60.2 Å². The summed E-state index contributed by atoms with van der Waals surface area (Å²) < 4.78 is 5.45. The van der Waals surface area contributed by atoms with E-state index in [2.05, 4.69) is 16.0 Å². The van der Waals surface area contributed by atoms with E-state index in [1.807, 2.05) is 30.3 Å². The normalized spacial score (nSPS) is 13.4. The summed E-state index contributed by atoms with van der Waals surface area (Å²) in [5.41, 5.74) is 1.60. The van der Waals surface area contributed by atoms with Gasteiger partial charge < -0.3 is 10.1 Å². The van der Waals surface area contributed by atoms with Crippen LogP contribution in [0.1, 0.15) is 11.1 Å². The van der Waals surface area contributed by atoms with Crippen LogP contribution in [0.4, 0.5) is 0 Å². The van der Waals surface area contributed by atoms with Gasteiger partial charge in [0.15, 0.2) is 11.7 Å². The minimum absolute atomic E-state index is 0.0126. The number of hydrogen-bond acceptors (Lipinski definition) is 5. The van der Waals surface area contributed by atoms with E-state index in [9.17, 15) is 14.4 Å². The number of thiocarbonyl (C=S) groups is 1. The molecule has 3 amide bonds. The molecule has 3 N–H and O–H groups in total. The molecule has 2 aromatic rings. The van der Waals surface area contributed by atoms with Crippen LogP contribution in [0.5, 0.6) is 5.75 Å². The van der Waals surface area contributed by atoms with Gasteiger partial charge in [-0.15, -0.1) is 0 Å². The Labute approximate surface area is 166 Å². The van der Waals surface area contributed by atoms with Crippen LogP contribution in [0, 0.1) is 0 Å². The number of rotatable bonds is 6. The van der Waals surface area contributed by atoms with Crippen LogP contribution >= 0.6 is 12.2 Å². The molecule has 0 radical (unpaired) electrons. The molecule has 0 saturated carbocycles. The van der Waals surface area contributed by atoms with E-state index in [-0.39, 0.29) is 23.2 Å². The minimum Gasteiger partial charge on any atom is -0.484 e. The van der Waals surface area contributed by atoms with Crippen LogP contribution in [0.3, 0.4) is 0 Å². The summed E-state index contributed by atoms with van der Waals surface area (Å²) in [6, 6.07) is 16.2. The smallest absolute Gasteiger partial charge is 0.263 e. The van der Waals surface area contributed by atoms with Crippen LogP contribution < -0.4 is 20.7 Å². The third kappa shape index (κ3) is 5.24. The molecule has 0 bridgehead atoms. The van der Waals surface area contributed by atoms with Crippen molar-refractivity contribution in [2.45, 2.75) is 6.54 Å². The molecule has 142 valence electrons. The molecule has 0 atom stereocenters. The Balaban J connectivity index is 1.52. The largest absolute Gasteiger partial charge is 0.484 e. The summed E-state index contributed by atoms with van der Waals surface area (Å²) in [6.07, 6.45) is 1.45. The predicted octanol–water partition coefficient (Wildman–Crippen LogP) is 1.30. The first-order valence-corrected chi connectivity index (χ1v) is 8.84. The fraction of sp³-hybridized carbons (Fsp3) is 0.100. The average Bonchev–Trinajstić information content (AvgIpc) is 2.69. The molecule has 0 aliphatic carbocycles. The standard InChI is InChI=1S/C20H17N3O4S/c24-17(21-11-14-4-2-1-3-5-14)12-27-15-8-6-13(7-9-15)10-16-18(25)22-20(28)23-19(16)26/h1-10H,11-12H2,(H,21,24)(H2,22,23,25,26,28). The lowest BCUT2D eigenvalue weighted by atomic mass is 10.1. The van der Waals surface area contributed by atoms with Gasteiger partial charge in [0.1, 0.15) is 11.3 Å². The molecular weight excluding hydrogens is 378 g/mol. The van der Waals surface area contributed by atoms with Gasteiger partial charge in [0.2, 0.25) is 0 Å². The highest BCUT2D eigenvalue weighted by Gasteiger charge is 2.25. The Morgan fingerprint density at radius 2 is 1.64 bits per heavy atom. The summed E-state index contributed by atoms with van der Waals surface area (Å²) >= 11 is 4.75. The van der Waals surface area contributed by atoms with Crippen molar-refractivity contribution in [1.29, 1.82) is 0 Å². The van der Waals surface area contributed by atoms with E-state index < -0.39 is 11.8 Å². The summed E-state index contributed by atoms with van der Waals surface area (Å²) in [4.78, 5) is 35.5. The van der Waals surface area contributed by atoms with Gasteiger partial charge in [0.05, 0.1) is 0 Å². The Morgan fingerprint density at radius 1 is 1.00 bits per heavy atom. The maximum Gasteiger partial charge on any atom is 0.263 e. The first-order valence-electron chi connectivity index (χ1n) is 8.43. The van der Waals surface area contributed by atoms with E-state index in [1.165, 1.54) is 6.08 Å². The quantitative estimate of drug-likeness (QED) is 0.389. The van der Waals surface area contributed by atoms with E-state index >= 15 is 0 Å². The van der Waals surface area contributed by atoms with Crippen molar-refractivity contribution in [2.24, 2.45) is 0 Å². The zero-order chi connectivity index (χ0) is 19.9. The highest BCUT2D eigenvalue weighted by molar-refractivity contribution is 7.80. The molecule has 1 heterocycles. The van der Waals surface area contributed by atoms with Crippen LogP contribution in [-0.2, 0) is 20.9 Å². The van der Waals surface area contributed by atoms with Crippen LogP contribution in [0.25, 0.3) is 6.08 Å². The van der Waals surface area contributed by atoms with Gasteiger partial charge in [-0.1, -0.05) is 42.5 Å². The Hall–Kier alpha value is -3.52. The molecule has 2 aromatic carbocycles. The van der Waals surface area contributed by atoms with Crippen molar-refractivity contribution in [1.82, 2.24) is 16.0 Å². The molecule has 28 heavy (non-hydrogen) atoms. The second kappa shape index (κ2) is 8.92. The van der Waals surface area contributed by atoms with E-state index in [4.69, 9.17) is 17.0 Å². The number of ether oxygens (including phenoxy) is 1. The molecule has 0 unspecified atom stereocenters. The maximum absolute atomic E-state index is 11.9. The SMILES string of the molecule is O=C(COc1ccc(C=C2C(=O)NC(=S)NC2=O)cc1)NCc1ccccc1. The lowest BCUT2D eigenvalue weighted by molar-refractivity contribution is -0.124. The predicted molar refractivity (Wildman–Crippen MR) is 107 cm³/mol. The van der Waals surface area contributed by atoms with Crippen molar-refractivity contribution in [3.05, 3.63) is 71.3 Å². The third-order valence-corrected chi connectivity index (χ3v) is 4.04. The molecule has 7 nitrogen and oxygen atoms in total. The minimum atomic E-state index is -0.552. The van der Waals surface area contributed by atoms with Crippen molar-refractivity contribution < 1.29 is 19.1 Å². The van der Waals surface area contributed by atoms with Gasteiger partial charge in [-0.3, -0.25) is 25.0 Å². The molecule has 1 saturated heterocycles. The second-order valence-electron chi connectivity index (χ2n) is 5.92. The molecule has 1 aliphatic rings.